The summed E-state index contributed by atoms with van der Waals surface area (Å²) in [6.07, 6.45) is -3.56. The highest BCUT2D eigenvalue weighted by Crippen LogP contribution is 2.36. The van der Waals surface area contributed by atoms with Crippen molar-refractivity contribution in [2.75, 3.05) is 13.2 Å². The molecule has 1 fully saturated rings. The molecule has 1 saturated heterocycles. The largest absolute Gasteiger partial charge is 0.490 e. The molecule has 36 heavy (non-hydrogen) atoms. The Morgan fingerprint density at radius 1 is 1.06 bits per heavy atom. The molecule has 2 aromatic carbocycles. The summed E-state index contributed by atoms with van der Waals surface area (Å²) >= 11 is 0. The maximum Gasteiger partial charge on any atom is 0.490 e. The smallest absolute Gasteiger partial charge is 0.475 e. The standard InChI is InChI=1S/C23H26N2O4.C2HF3O2/c24-20(17-10-12-28-13-11-17)22(26)25-14-18-8-4-5-9-19(18)21(25)23(27)29-15-16-6-2-1-3-7-16;3-2(4,5)1(6)7/h1-9,17,20-21H,10-15,24H2;(H,6,7)/t20-,21-;/m0./s1. The number of amides is 1. The number of carboxylic acid groups (broad SMARTS) is 1. The van der Waals surface area contributed by atoms with Crippen LogP contribution in [0.5, 0.6) is 0 Å². The first-order valence-electron chi connectivity index (χ1n) is 11.3. The molecule has 2 atom stereocenters. The highest BCUT2D eigenvalue weighted by molar-refractivity contribution is 5.90. The summed E-state index contributed by atoms with van der Waals surface area (Å²) < 4.78 is 42.7. The lowest BCUT2D eigenvalue weighted by atomic mass is 9.91. The molecule has 2 aromatic rings. The van der Waals surface area contributed by atoms with Crippen molar-refractivity contribution in [1.29, 1.82) is 0 Å². The average Bonchev–Trinajstić information content (AvgIpc) is 3.27. The number of hydrogen-bond donors (Lipinski definition) is 2. The van der Waals surface area contributed by atoms with Crippen LogP contribution in [0.2, 0.25) is 0 Å². The Hall–Kier alpha value is -3.44. The summed E-state index contributed by atoms with van der Waals surface area (Å²) in [5.41, 5.74) is 9.02. The Morgan fingerprint density at radius 3 is 2.25 bits per heavy atom. The minimum atomic E-state index is -5.08. The average molecular weight is 508 g/mol. The van der Waals surface area contributed by atoms with Gasteiger partial charge in [0.25, 0.3) is 0 Å². The predicted octanol–water partition coefficient (Wildman–Crippen LogP) is 3.20. The van der Waals surface area contributed by atoms with Gasteiger partial charge < -0.3 is 25.2 Å². The van der Waals surface area contributed by atoms with Crippen LogP contribution >= 0.6 is 0 Å². The quantitative estimate of drug-likeness (QED) is 0.596. The van der Waals surface area contributed by atoms with E-state index < -0.39 is 30.2 Å². The van der Waals surface area contributed by atoms with E-state index in [0.29, 0.717) is 19.8 Å². The number of benzene rings is 2. The second-order valence-electron chi connectivity index (χ2n) is 8.44. The van der Waals surface area contributed by atoms with Gasteiger partial charge in [0, 0.05) is 19.8 Å². The van der Waals surface area contributed by atoms with Crippen LogP contribution in [-0.4, -0.2) is 53.3 Å². The van der Waals surface area contributed by atoms with Gasteiger partial charge in [0.1, 0.15) is 6.61 Å². The van der Waals surface area contributed by atoms with Crippen molar-refractivity contribution in [3.8, 4) is 0 Å². The summed E-state index contributed by atoms with van der Waals surface area (Å²) in [5.74, 6) is -3.31. The minimum absolute atomic E-state index is 0.0703. The van der Waals surface area contributed by atoms with Crippen molar-refractivity contribution in [3.63, 3.8) is 0 Å². The number of rotatable bonds is 5. The van der Waals surface area contributed by atoms with Crippen molar-refractivity contribution in [3.05, 3.63) is 71.3 Å². The third-order valence-corrected chi connectivity index (χ3v) is 6.03. The van der Waals surface area contributed by atoms with Gasteiger partial charge in [0.2, 0.25) is 5.91 Å². The molecular weight excluding hydrogens is 481 g/mol. The maximum absolute atomic E-state index is 13.3. The lowest BCUT2D eigenvalue weighted by Crippen LogP contribution is -2.49. The highest BCUT2D eigenvalue weighted by Gasteiger charge is 2.42. The van der Waals surface area contributed by atoms with Crippen molar-refractivity contribution in [1.82, 2.24) is 4.90 Å². The molecular formula is C25H27F3N2O6. The molecule has 0 aliphatic carbocycles. The fourth-order valence-corrected chi connectivity index (χ4v) is 4.12. The van der Waals surface area contributed by atoms with Crippen molar-refractivity contribution < 1.29 is 42.1 Å². The zero-order valence-electron chi connectivity index (χ0n) is 19.3. The number of ether oxygens (including phenoxy) is 2. The molecule has 0 unspecified atom stereocenters. The first-order valence-corrected chi connectivity index (χ1v) is 11.3. The maximum atomic E-state index is 13.3. The van der Waals surface area contributed by atoms with Crippen LogP contribution in [0, 0.1) is 5.92 Å². The highest BCUT2D eigenvalue weighted by atomic mass is 19.4. The van der Waals surface area contributed by atoms with Gasteiger partial charge in [0.15, 0.2) is 6.04 Å². The van der Waals surface area contributed by atoms with Crippen LogP contribution in [0.1, 0.15) is 35.6 Å². The van der Waals surface area contributed by atoms with Gasteiger partial charge in [-0.2, -0.15) is 13.2 Å². The van der Waals surface area contributed by atoms with Crippen molar-refractivity contribution in [2.45, 2.75) is 44.3 Å². The van der Waals surface area contributed by atoms with Crippen LogP contribution in [-0.2, 0) is 37.0 Å². The van der Waals surface area contributed by atoms with E-state index in [0.717, 1.165) is 29.5 Å². The molecule has 11 heteroatoms. The van der Waals surface area contributed by atoms with Gasteiger partial charge in [-0.15, -0.1) is 0 Å². The topological polar surface area (TPSA) is 119 Å². The number of hydrogen-bond acceptors (Lipinski definition) is 6. The van der Waals surface area contributed by atoms with Crippen LogP contribution in [0.3, 0.4) is 0 Å². The Kier molecular flexibility index (Phi) is 9.05. The number of fused-ring (bicyclic) bond motifs is 1. The normalized spacial score (nSPS) is 18.4. The van der Waals surface area contributed by atoms with Crippen LogP contribution in [0.25, 0.3) is 0 Å². The van der Waals surface area contributed by atoms with E-state index in [2.05, 4.69) is 0 Å². The summed E-state index contributed by atoms with van der Waals surface area (Å²) in [5, 5.41) is 7.12. The van der Waals surface area contributed by atoms with Gasteiger partial charge >= 0.3 is 18.1 Å². The van der Waals surface area contributed by atoms with E-state index in [1.54, 1.807) is 4.90 Å². The predicted molar refractivity (Wildman–Crippen MR) is 121 cm³/mol. The van der Waals surface area contributed by atoms with Crippen molar-refractivity contribution in [2.24, 2.45) is 11.7 Å². The number of nitrogens with two attached hydrogens (primary N) is 1. The molecule has 2 heterocycles. The van der Waals surface area contributed by atoms with Gasteiger partial charge in [-0.25, -0.2) is 9.59 Å². The Morgan fingerprint density at radius 2 is 1.64 bits per heavy atom. The fraction of sp³-hybridized carbons (Fsp3) is 0.400. The number of esters is 1. The lowest BCUT2D eigenvalue weighted by Gasteiger charge is -2.32. The zero-order valence-corrected chi connectivity index (χ0v) is 19.3. The first kappa shape index (κ1) is 27.2. The van der Waals surface area contributed by atoms with Crippen molar-refractivity contribution >= 4 is 17.8 Å². The molecule has 1 amide bonds. The third-order valence-electron chi connectivity index (χ3n) is 6.03. The number of nitrogens with zero attached hydrogens (tertiary/aromatic N) is 1. The second-order valence-corrected chi connectivity index (χ2v) is 8.44. The molecule has 3 N–H and O–H groups in total. The molecule has 0 saturated carbocycles. The Labute approximate surface area is 205 Å². The van der Waals surface area contributed by atoms with E-state index in [1.165, 1.54) is 0 Å². The molecule has 4 rings (SSSR count). The molecule has 0 aromatic heterocycles. The van der Waals surface area contributed by atoms with Crippen LogP contribution in [0.15, 0.2) is 54.6 Å². The zero-order chi connectivity index (χ0) is 26.3. The lowest BCUT2D eigenvalue weighted by molar-refractivity contribution is -0.192. The molecule has 2 aliphatic heterocycles. The van der Waals surface area contributed by atoms with Gasteiger partial charge in [-0.05, 0) is 35.4 Å². The summed E-state index contributed by atoms with van der Waals surface area (Å²) in [6, 6.07) is 15.7. The van der Waals surface area contributed by atoms with Gasteiger partial charge in [-0.1, -0.05) is 54.6 Å². The first-order chi connectivity index (χ1) is 17.1. The van der Waals surface area contributed by atoms with Crippen LogP contribution < -0.4 is 5.73 Å². The van der Waals surface area contributed by atoms with Gasteiger partial charge in [-0.3, -0.25) is 4.79 Å². The molecule has 0 radical (unpaired) electrons. The molecule has 0 bridgehead atoms. The van der Waals surface area contributed by atoms with Gasteiger partial charge in [0.05, 0.1) is 6.04 Å². The monoisotopic (exact) mass is 508 g/mol. The summed E-state index contributed by atoms with van der Waals surface area (Å²) in [6.45, 7) is 1.78. The molecule has 8 nitrogen and oxygen atoms in total. The number of alkyl halides is 3. The van der Waals surface area contributed by atoms with E-state index in [-0.39, 0.29) is 18.4 Å². The molecule has 194 valence electrons. The molecule has 0 spiro atoms. The van der Waals surface area contributed by atoms with E-state index in [9.17, 15) is 22.8 Å². The number of halogens is 3. The fourth-order valence-electron chi connectivity index (χ4n) is 4.12. The number of aliphatic carboxylic acids is 1. The summed E-state index contributed by atoms with van der Waals surface area (Å²) in [4.78, 5) is 36.8. The number of carbonyl (C=O) groups excluding carboxylic acids is 2. The Balaban J connectivity index is 0.000000454. The minimum Gasteiger partial charge on any atom is -0.475 e. The molecule has 2 aliphatic rings. The van der Waals surface area contributed by atoms with E-state index >= 15 is 0 Å². The third kappa shape index (κ3) is 6.82. The Bertz CT molecular complexity index is 1060. The summed E-state index contributed by atoms with van der Waals surface area (Å²) in [7, 11) is 0. The van der Waals surface area contributed by atoms with E-state index in [4.69, 9.17) is 25.1 Å². The SMILES string of the molecule is N[C@H](C(=O)N1Cc2ccccc2[C@H]1C(=O)OCc1ccccc1)C1CCOCC1.O=C(O)C(F)(F)F. The number of carboxylic acids is 1. The number of carbonyl (C=O) groups is 3. The van der Waals surface area contributed by atoms with Crippen LogP contribution in [0.4, 0.5) is 13.2 Å². The second kappa shape index (κ2) is 12.0. The van der Waals surface area contributed by atoms with E-state index in [1.807, 2.05) is 54.6 Å².